The quantitative estimate of drug-likeness (QED) is 0.311. The largest absolute Gasteiger partial charge is 0.464 e. The molecule has 0 saturated heterocycles. The molecule has 0 aliphatic heterocycles. The van der Waals surface area contributed by atoms with Crippen molar-refractivity contribution >= 4 is 22.7 Å². The molecule has 2 aromatic heterocycles. The van der Waals surface area contributed by atoms with E-state index >= 15 is 0 Å². The number of fused-ring (bicyclic) bond motifs is 1. The average Bonchev–Trinajstić information content (AvgIpc) is 3.27. The highest BCUT2D eigenvalue weighted by Crippen LogP contribution is 2.25. The van der Waals surface area contributed by atoms with Crippen LogP contribution in [0, 0.1) is 27.7 Å². The van der Waals surface area contributed by atoms with Crippen LogP contribution in [0.5, 0.6) is 0 Å². The molecule has 2 heterocycles. The SMILES string of the molecule is Cc1cc2occ(CC(=O)OCC(=O)c3cc(C)n(-c4ccccc4)c3C)c2cc1C. The second-order valence-electron chi connectivity index (χ2n) is 7.91. The van der Waals surface area contributed by atoms with Gasteiger partial charge in [0, 0.05) is 33.6 Å². The molecule has 4 rings (SSSR count). The van der Waals surface area contributed by atoms with Crippen LogP contribution in [0.15, 0.2) is 59.2 Å². The lowest BCUT2D eigenvalue weighted by Gasteiger charge is -2.09. The highest BCUT2D eigenvalue weighted by molar-refractivity contribution is 5.99. The number of Topliss-reactive ketones (excluding diaryl/α,β-unsaturated/α-hetero) is 1. The topological polar surface area (TPSA) is 61.4 Å². The lowest BCUT2D eigenvalue weighted by atomic mass is 10.0. The molecule has 0 bridgehead atoms. The fourth-order valence-corrected chi connectivity index (χ4v) is 3.92. The van der Waals surface area contributed by atoms with Crippen molar-refractivity contribution in [3.05, 3.63) is 88.4 Å². The first-order chi connectivity index (χ1) is 14.8. The van der Waals surface area contributed by atoms with E-state index in [1.807, 2.05) is 80.8 Å². The summed E-state index contributed by atoms with van der Waals surface area (Å²) >= 11 is 0. The molecule has 0 unspecified atom stereocenters. The standard InChI is InChI=1S/C26H25NO4/c1-16-10-23-20(14-30-25(23)11-17(16)2)13-26(29)31-15-24(28)22-12-18(3)27(19(22)4)21-8-6-5-7-9-21/h5-12,14H,13,15H2,1-4H3. The minimum atomic E-state index is -0.453. The third-order valence-electron chi connectivity index (χ3n) is 5.71. The number of ether oxygens (including phenoxy) is 1. The number of aryl methyl sites for hydroxylation is 3. The van der Waals surface area contributed by atoms with Gasteiger partial charge in [0.05, 0.1) is 12.7 Å². The number of hydrogen-bond donors (Lipinski definition) is 0. The van der Waals surface area contributed by atoms with Gasteiger partial charge in [0.1, 0.15) is 5.58 Å². The Balaban J connectivity index is 1.45. The van der Waals surface area contributed by atoms with Gasteiger partial charge in [-0.3, -0.25) is 9.59 Å². The molecule has 0 aliphatic carbocycles. The van der Waals surface area contributed by atoms with E-state index in [0.717, 1.165) is 44.7 Å². The first kappa shape index (κ1) is 20.7. The molecular formula is C26H25NO4. The van der Waals surface area contributed by atoms with Crippen LogP contribution < -0.4 is 0 Å². The lowest BCUT2D eigenvalue weighted by molar-refractivity contribution is -0.141. The Morgan fingerprint density at radius 2 is 1.68 bits per heavy atom. The summed E-state index contributed by atoms with van der Waals surface area (Å²) in [5, 5.41) is 0.901. The van der Waals surface area contributed by atoms with Gasteiger partial charge >= 0.3 is 5.97 Å². The molecular weight excluding hydrogens is 390 g/mol. The van der Waals surface area contributed by atoms with E-state index in [1.165, 1.54) is 0 Å². The first-order valence-electron chi connectivity index (χ1n) is 10.3. The Hall–Kier alpha value is -3.60. The summed E-state index contributed by atoms with van der Waals surface area (Å²) in [7, 11) is 0. The van der Waals surface area contributed by atoms with E-state index < -0.39 is 5.97 Å². The van der Waals surface area contributed by atoms with E-state index in [2.05, 4.69) is 0 Å². The molecule has 5 nitrogen and oxygen atoms in total. The normalized spacial score (nSPS) is 11.1. The highest BCUT2D eigenvalue weighted by atomic mass is 16.5. The molecule has 158 valence electrons. The molecule has 0 radical (unpaired) electrons. The van der Waals surface area contributed by atoms with Gasteiger partial charge < -0.3 is 13.7 Å². The summed E-state index contributed by atoms with van der Waals surface area (Å²) in [6, 6.07) is 15.7. The van der Waals surface area contributed by atoms with Gasteiger partial charge in [-0.25, -0.2) is 0 Å². The summed E-state index contributed by atoms with van der Waals surface area (Å²) < 4.78 is 12.9. The maximum Gasteiger partial charge on any atom is 0.310 e. The molecule has 5 heteroatoms. The Morgan fingerprint density at radius 1 is 0.968 bits per heavy atom. The zero-order chi connectivity index (χ0) is 22.1. The molecule has 0 fully saturated rings. The zero-order valence-corrected chi connectivity index (χ0v) is 18.2. The maximum atomic E-state index is 12.8. The number of nitrogens with zero attached hydrogens (tertiary/aromatic N) is 1. The number of aromatic nitrogens is 1. The zero-order valence-electron chi connectivity index (χ0n) is 18.2. The summed E-state index contributed by atoms with van der Waals surface area (Å²) in [4.78, 5) is 25.2. The molecule has 0 aliphatic rings. The Morgan fingerprint density at radius 3 is 2.42 bits per heavy atom. The van der Waals surface area contributed by atoms with Gasteiger partial charge in [-0.2, -0.15) is 0 Å². The summed E-state index contributed by atoms with van der Waals surface area (Å²) in [5.74, 6) is -0.668. The molecule has 0 spiro atoms. The molecule has 2 aromatic carbocycles. The minimum Gasteiger partial charge on any atom is -0.464 e. The van der Waals surface area contributed by atoms with Crippen LogP contribution in [0.3, 0.4) is 0 Å². The predicted molar refractivity (Wildman–Crippen MR) is 120 cm³/mol. The lowest BCUT2D eigenvalue weighted by Crippen LogP contribution is -2.16. The fourth-order valence-electron chi connectivity index (χ4n) is 3.92. The minimum absolute atomic E-state index is 0.0613. The van der Waals surface area contributed by atoms with Crippen LogP contribution in [-0.2, 0) is 16.0 Å². The Labute approximate surface area is 181 Å². The highest BCUT2D eigenvalue weighted by Gasteiger charge is 2.19. The number of rotatable bonds is 6. The number of hydrogen-bond acceptors (Lipinski definition) is 4. The van der Waals surface area contributed by atoms with Crippen LogP contribution in [0.25, 0.3) is 16.7 Å². The molecule has 31 heavy (non-hydrogen) atoms. The van der Waals surface area contributed by atoms with Gasteiger partial charge in [0.2, 0.25) is 5.78 Å². The van der Waals surface area contributed by atoms with E-state index in [1.54, 1.807) is 6.26 Å². The van der Waals surface area contributed by atoms with Gasteiger partial charge in [-0.05, 0) is 69.2 Å². The number of ketones is 1. The van der Waals surface area contributed by atoms with Gasteiger partial charge in [-0.1, -0.05) is 18.2 Å². The Kier molecular flexibility index (Phi) is 5.51. The number of carbonyl (C=O) groups is 2. The van der Waals surface area contributed by atoms with E-state index in [0.29, 0.717) is 5.56 Å². The van der Waals surface area contributed by atoms with Crippen LogP contribution >= 0.6 is 0 Å². The molecule has 0 atom stereocenters. The number of esters is 1. The number of benzene rings is 2. The van der Waals surface area contributed by atoms with Crippen LogP contribution in [0.4, 0.5) is 0 Å². The first-order valence-corrected chi connectivity index (χ1v) is 10.3. The Bertz CT molecular complexity index is 1280. The smallest absolute Gasteiger partial charge is 0.310 e. The second-order valence-corrected chi connectivity index (χ2v) is 7.91. The number of para-hydroxylation sites is 1. The van der Waals surface area contributed by atoms with Crippen molar-refractivity contribution in [3.63, 3.8) is 0 Å². The fraction of sp³-hybridized carbons (Fsp3) is 0.231. The second kappa shape index (κ2) is 8.26. The van der Waals surface area contributed by atoms with Crippen molar-refractivity contribution in [2.24, 2.45) is 0 Å². The molecule has 4 aromatic rings. The summed E-state index contributed by atoms with van der Waals surface area (Å²) in [5.41, 5.74) is 7.11. The third-order valence-corrected chi connectivity index (χ3v) is 5.71. The maximum absolute atomic E-state index is 12.8. The summed E-state index contributed by atoms with van der Waals surface area (Å²) in [6.45, 7) is 7.61. The molecule has 0 saturated carbocycles. The van der Waals surface area contributed by atoms with E-state index in [9.17, 15) is 9.59 Å². The van der Waals surface area contributed by atoms with Crippen LogP contribution in [-0.4, -0.2) is 22.9 Å². The van der Waals surface area contributed by atoms with E-state index in [-0.39, 0.29) is 18.8 Å². The van der Waals surface area contributed by atoms with Gasteiger partial charge in [0.25, 0.3) is 0 Å². The summed E-state index contributed by atoms with van der Waals surface area (Å²) in [6.07, 6.45) is 1.64. The number of furan rings is 1. The van der Waals surface area contributed by atoms with Gasteiger partial charge in [-0.15, -0.1) is 0 Å². The van der Waals surface area contributed by atoms with Crippen LogP contribution in [0.2, 0.25) is 0 Å². The third kappa shape index (κ3) is 4.04. The van der Waals surface area contributed by atoms with Crippen molar-refractivity contribution in [1.29, 1.82) is 0 Å². The van der Waals surface area contributed by atoms with Crippen molar-refractivity contribution in [3.8, 4) is 5.69 Å². The van der Waals surface area contributed by atoms with Crippen LogP contribution in [0.1, 0.15) is 38.4 Å². The monoisotopic (exact) mass is 415 g/mol. The predicted octanol–water partition coefficient (Wildman–Crippen LogP) is 5.43. The average molecular weight is 415 g/mol. The van der Waals surface area contributed by atoms with E-state index in [4.69, 9.17) is 9.15 Å². The van der Waals surface area contributed by atoms with Crippen molar-refractivity contribution in [2.45, 2.75) is 34.1 Å². The van der Waals surface area contributed by atoms with Gasteiger partial charge in [0.15, 0.2) is 6.61 Å². The number of carbonyl (C=O) groups excluding carboxylic acids is 2. The molecule has 0 N–H and O–H groups in total. The van der Waals surface area contributed by atoms with Crippen molar-refractivity contribution in [1.82, 2.24) is 4.57 Å². The molecule has 0 amide bonds. The van der Waals surface area contributed by atoms with Crippen molar-refractivity contribution < 1.29 is 18.7 Å². The van der Waals surface area contributed by atoms with Crippen molar-refractivity contribution in [2.75, 3.05) is 6.61 Å².